The van der Waals surface area contributed by atoms with Crippen molar-refractivity contribution >= 4 is 59.8 Å². The van der Waals surface area contributed by atoms with E-state index in [1.807, 2.05) is 0 Å². The van der Waals surface area contributed by atoms with E-state index < -0.39 is 0 Å². The van der Waals surface area contributed by atoms with E-state index in [1.165, 1.54) is 38.3 Å². The van der Waals surface area contributed by atoms with E-state index in [9.17, 15) is 0 Å². The van der Waals surface area contributed by atoms with Crippen molar-refractivity contribution in [2.24, 2.45) is 0 Å². The Morgan fingerprint density at radius 3 is 2.27 bits per heavy atom. The molecule has 1 aromatic heterocycles. The van der Waals surface area contributed by atoms with Gasteiger partial charge in [0.15, 0.2) is 0 Å². The second kappa shape index (κ2) is 9.13. The molecule has 0 amide bonds. The SMILES string of the molecule is C1=CCC2=c3c(n(-c4ccccc4)c4ccccc34)=CC2=C1.Cl.Cl.Cl.[Ti]. The summed E-state index contributed by atoms with van der Waals surface area (Å²) in [6, 6.07) is 19.4. The third-order valence-corrected chi connectivity index (χ3v) is 4.60. The minimum absolute atomic E-state index is 0. The second-order valence-corrected chi connectivity index (χ2v) is 5.83. The number of nitrogens with zero attached hydrogens (tertiary/aromatic N) is 1. The van der Waals surface area contributed by atoms with Crippen LogP contribution in [0.4, 0.5) is 0 Å². The number of halogens is 3. The monoisotopic (exact) mass is 437 g/mol. The zero-order valence-corrected chi connectivity index (χ0v) is 17.9. The van der Waals surface area contributed by atoms with Crippen LogP contribution in [-0.2, 0) is 21.7 Å². The predicted molar refractivity (Wildman–Crippen MR) is 114 cm³/mol. The van der Waals surface area contributed by atoms with Crippen molar-refractivity contribution in [2.45, 2.75) is 6.42 Å². The van der Waals surface area contributed by atoms with Gasteiger partial charge >= 0.3 is 0 Å². The van der Waals surface area contributed by atoms with Crippen LogP contribution in [0, 0.1) is 0 Å². The summed E-state index contributed by atoms with van der Waals surface area (Å²) in [5.74, 6) is 0. The molecule has 2 aromatic carbocycles. The quantitative estimate of drug-likeness (QED) is 0.485. The van der Waals surface area contributed by atoms with Gasteiger partial charge in [0.2, 0.25) is 0 Å². The molecule has 2 aliphatic rings. The molecular weight excluding hydrogens is 420 g/mol. The van der Waals surface area contributed by atoms with Crippen molar-refractivity contribution in [3.63, 3.8) is 0 Å². The molecule has 0 unspecified atom stereocenters. The summed E-state index contributed by atoms with van der Waals surface area (Å²) < 4.78 is 2.39. The van der Waals surface area contributed by atoms with Gasteiger partial charge in [-0.05, 0) is 41.8 Å². The molecule has 0 fully saturated rings. The van der Waals surface area contributed by atoms with Crippen molar-refractivity contribution in [1.29, 1.82) is 0 Å². The van der Waals surface area contributed by atoms with Crippen molar-refractivity contribution in [3.8, 4) is 5.69 Å². The Kier molecular flexibility index (Phi) is 8.01. The molecule has 0 N–H and O–H groups in total. The van der Waals surface area contributed by atoms with E-state index >= 15 is 0 Å². The molecule has 3 aromatic rings. The van der Waals surface area contributed by atoms with Crippen molar-refractivity contribution in [1.82, 2.24) is 4.57 Å². The fourth-order valence-corrected chi connectivity index (χ4v) is 3.67. The van der Waals surface area contributed by atoms with Gasteiger partial charge in [0.25, 0.3) is 0 Å². The molecule has 5 heteroatoms. The van der Waals surface area contributed by atoms with Gasteiger partial charge in [-0.1, -0.05) is 54.6 Å². The van der Waals surface area contributed by atoms with E-state index in [1.54, 1.807) is 0 Å². The molecule has 0 bridgehead atoms. The Morgan fingerprint density at radius 2 is 1.50 bits per heavy atom. The average Bonchev–Trinajstić information content (AvgIpc) is 3.10. The van der Waals surface area contributed by atoms with Crippen molar-refractivity contribution in [2.75, 3.05) is 0 Å². The minimum Gasteiger partial charge on any atom is -0.309 e. The van der Waals surface area contributed by atoms with Crippen LogP contribution in [0.15, 0.2) is 78.4 Å². The fourth-order valence-electron chi connectivity index (χ4n) is 3.67. The molecule has 1 heterocycles. The van der Waals surface area contributed by atoms with Crippen molar-refractivity contribution < 1.29 is 21.7 Å². The van der Waals surface area contributed by atoms with Gasteiger partial charge in [-0.2, -0.15) is 0 Å². The Labute approximate surface area is 186 Å². The average molecular weight is 439 g/mol. The summed E-state index contributed by atoms with van der Waals surface area (Å²) in [5, 5.41) is 4.08. The molecule has 5 rings (SSSR count). The summed E-state index contributed by atoms with van der Waals surface area (Å²) >= 11 is 0. The van der Waals surface area contributed by atoms with Gasteiger partial charge in [-0.3, -0.25) is 0 Å². The van der Waals surface area contributed by atoms with Crippen LogP contribution in [0.3, 0.4) is 0 Å². The summed E-state index contributed by atoms with van der Waals surface area (Å²) in [6.45, 7) is 0. The maximum Gasteiger partial charge on any atom is 0.0550 e. The first-order chi connectivity index (χ1) is 10.9. The van der Waals surface area contributed by atoms with Gasteiger partial charge in [-0.25, -0.2) is 0 Å². The molecular formula is C21H18Cl3NTi. The maximum atomic E-state index is 2.39. The molecule has 0 spiro atoms. The largest absolute Gasteiger partial charge is 0.309 e. The molecule has 26 heavy (non-hydrogen) atoms. The summed E-state index contributed by atoms with van der Waals surface area (Å²) in [5.41, 5.74) is 5.34. The number of rotatable bonds is 1. The van der Waals surface area contributed by atoms with E-state index in [-0.39, 0.29) is 58.9 Å². The van der Waals surface area contributed by atoms with Crippen LogP contribution in [-0.4, -0.2) is 4.57 Å². The Bertz CT molecular complexity index is 1100. The third kappa shape index (κ3) is 3.35. The maximum absolute atomic E-state index is 2.39. The van der Waals surface area contributed by atoms with E-state index in [2.05, 4.69) is 83.5 Å². The van der Waals surface area contributed by atoms with Gasteiger partial charge < -0.3 is 4.57 Å². The minimum atomic E-state index is 0. The standard InChI is InChI=1S/C21H15N.3ClH.Ti/c1-2-9-16(10-3-1)22-19-13-7-6-12-18(19)21-17-11-5-4-8-15(17)14-20(21)22;;;;/h1-10,12-14H,11H2;3*1H;. The van der Waals surface area contributed by atoms with Crippen LogP contribution in [0.5, 0.6) is 0 Å². The van der Waals surface area contributed by atoms with E-state index in [4.69, 9.17) is 0 Å². The molecule has 1 nitrogen and oxygen atoms in total. The van der Waals surface area contributed by atoms with E-state index in [0.29, 0.717) is 0 Å². The molecule has 0 radical (unpaired) electrons. The first-order valence-corrected chi connectivity index (χ1v) is 7.70. The summed E-state index contributed by atoms with van der Waals surface area (Å²) in [4.78, 5) is 0. The Morgan fingerprint density at radius 1 is 0.808 bits per heavy atom. The number of para-hydroxylation sites is 2. The van der Waals surface area contributed by atoms with Gasteiger partial charge in [-0.15, -0.1) is 37.2 Å². The molecule has 0 saturated heterocycles. The molecule has 132 valence electrons. The third-order valence-electron chi connectivity index (χ3n) is 4.60. The van der Waals surface area contributed by atoms with Crippen LogP contribution >= 0.6 is 37.2 Å². The van der Waals surface area contributed by atoms with Crippen LogP contribution in [0.1, 0.15) is 6.42 Å². The number of hydrogen-bond donors (Lipinski definition) is 0. The van der Waals surface area contributed by atoms with Gasteiger partial charge in [0.1, 0.15) is 0 Å². The molecule has 0 aliphatic heterocycles. The zero-order valence-electron chi connectivity index (χ0n) is 13.9. The first kappa shape index (κ1) is 22.8. The Balaban J connectivity index is 0.000000845. The molecule has 0 saturated carbocycles. The first-order valence-electron chi connectivity index (χ1n) is 7.70. The predicted octanol–water partition coefficient (Wildman–Crippen LogP) is 4.72. The summed E-state index contributed by atoms with van der Waals surface area (Å²) in [6.07, 6.45) is 9.99. The fraction of sp³-hybridized carbons (Fsp3) is 0.0476. The van der Waals surface area contributed by atoms with Gasteiger partial charge in [0, 0.05) is 38.0 Å². The van der Waals surface area contributed by atoms with Crippen LogP contribution < -0.4 is 10.6 Å². The van der Waals surface area contributed by atoms with E-state index in [0.717, 1.165) is 6.42 Å². The van der Waals surface area contributed by atoms with Crippen molar-refractivity contribution in [3.05, 3.63) is 89.0 Å². The smallest absolute Gasteiger partial charge is 0.0550 e. The number of benzene rings is 2. The number of aromatic nitrogens is 1. The molecule has 0 atom stereocenters. The van der Waals surface area contributed by atoms with Crippen LogP contribution in [0.25, 0.3) is 28.2 Å². The number of hydrogen-bond acceptors (Lipinski definition) is 0. The Hall–Kier alpha value is -1.22. The topological polar surface area (TPSA) is 4.93 Å². The normalized spacial score (nSPS) is 13.1. The zero-order chi connectivity index (χ0) is 14.5. The van der Waals surface area contributed by atoms with Crippen LogP contribution in [0.2, 0.25) is 0 Å². The van der Waals surface area contributed by atoms with Gasteiger partial charge in [0.05, 0.1) is 10.9 Å². The number of fused-ring (bicyclic) bond motifs is 4. The number of allylic oxidation sites excluding steroid dienone is 4. The second-order valence-electron chi connectivity index (χ2n) is 5.83. The molecule has 2 aliphatic carbocycles. The summed E-state index contributed by atoms with van der Waals surface area (Å²) in [7, 11) is 0.